The molecule has 3 aromatic rings. The lowest BCUT2D eigenvalue weighted by Gasteiger charge is -2.08. The van der Waals surface area contributed by atoms with E-state index in [9.17, 15) is 4.79 Å². The lowest BCUT2D eigenvalue weighted by Crippen LogP contribution is -2.36. The van der Waals surface area contributed by atoms with Gasteiger partial charge in [-0.05, 0) is 35.2 Å². The van der Waals surface area contributed by atoms with E-state index >= 15 is 0 Å². The SMILES string of the molecule is O=C(NCCn1ccc(-c2ccsc2)n1)NCc1ccc2c(c1)OCO2. The monoisotopic (exact) mass is 370 g/mol. The van der Waals surface area contributed by atoms with Gasteiger partial charge in [0.2, 0.25) is 6.79 Å². The van der Waals surface area contributed by atoms with Crippen LogP contribution in [0.15, 0.2) is 47.3 Å². The summed E-state index contributed by atoms with van der Waals surface area (Å²) in [6, 6.07) is 9.43. The van der Waals surface area contributed by atoms with Crippen molar-refractivity contribution in [3.63, 3.8) is 0 Å². The molecule has 0 saturated heterocycles. The molecular weight excluding hydrogens is 352 g/mol. The Morgan fingerprint density at radius 2 is 2.12 bits per heavy atom. The number of thiophene rings is 1. The molecule has 26 heavy (non-hydrogen) atoms. The number of urea groups is 1. The number of nitrogens with one attached hydrogen (secondary N) is 2. The average molecular weight is 370 g/mol. The molecule has 7 nitrogen and oxygen atoms in total. The van der Waals surface area contributed by atoms with Crippen LogP contribution in [0.2, 0.25) is 0 Å². The third-order valence-corrected chi connectivity index (χ3v) is 4.66. The van der Waals surface area contributed by atoms with E-state index in [1.807, 2.05) is 46.6 Å². The van der Waals surface area contributed by atoms with Gasteiger partial charge in [0.05, 0.1) is 12.2 Å². The van der Waals surface area contributed by atoms with E-state index < -0.39 is 0 Å². The maximum atomic E-state index is 11.9. The van der Waals surface area contributed by atoms with Gasteiger partial charge in [-0.25, -0.2) is 4.79 Å². The van der Waals surface area contributed by atoms with E-state index in [4.69, 9.17) is 9.47 Å². The predicted octanol–water partition coefficient (Wildman–Crippen LogP) is 2.84. The summed E-state index contributed by atoms with van der Waals surface area (Å²) in [5.74, 6) is 1.45. The Kier molecular flexibility index (Phi) is 4.74. The van der Waals surface area contributed by atoms with Crippen LogP contribution >= 0.6 is 11.3 Å². The number of hydrogen-bond donors (Lipinski definition) is 2. The van der Waals surface area contributed by atoms with E-state index in [1.165, 1.54) is 0 Å². The Labute approximate surface area is 154 Å². The average Bonchev–Trinajstić information content (AvgIpc) is 3.39. The molecule has 0 atom stereocenters. The lowest BCUT2D eigenvalue weighted by molar-refractivity contribution is 0.174. The Bertz CT molecular complexity index is 892. The van der Waals surface area contributed by atoms with Gasteiger partial charge in [-0.2, -0.15) is 16.4 Å². The fourth-order valence-corrected chi connectivity index (χ4v) is 3.28. The third kappa shape index (κ3) is 3.80. The Balaban J connectivity index is 1.21. The van der Waals surface area contributed by atoms with Crippen LogP contribution in [0, 0.1) is 0 Å². The summed E-state index contributed by atoms with van der Waals surface area (Å²) in [6.45, 7) is 1.78. The standard InChI is InChI=1S/C18H18N4O3S/c23-18(20-10-13-1-2-16-17(9-13)25-12-24-16)19-5-7-22-6-3-15(21-22)14-4-8-26-11-14/h1-4,6,8-9,11H,5,7,10,12H2,(H2,19,20,23). The second-order valence-electron chi connectivity index (χ2n) is 5.77. The van der Waals surface area contributed by atoms with Crippen molar-refractivity contribution in [1.82, 2.24) is 20.4 Å². The molecule has 0 unspecified atom stereocenters. The van der Waals surface area contributed by atoms with Gasteiger partial charge in [0.15, 0.2) is 11.5 Å². The first kappa shape index (κ1) is 16.5. The molecule has 1 aliphatic heterocycles. The van der Waals surface area contributed by atoms with Crippen LogP contribution in [-0.4, -0.2) is 29.1 Å². The largest absolute Gasteiger partial charge is 0.454 e. The molecular formula is C18H18N4O3S. The van der Waals surface area contributed by atoms with Crippen LogP contribution in [0.4, 0.5) is 4.79 Å². The first-order chi connectivity index (χ1) is 12.8. The molecule has 0 aliphatic carbocycles. The normalized spacial score (nSPS) is 12.2. The number of ether oxygens (including phenoxy) is 2. The van der Waals surface area contributed by atoms with E-state index in [1.54, 1.807) is 11.3 Å². The molecule has 2 aromatic heterocycles. The molecule has 2 N–H and O–H groups in total. The highest BCUT2D eigenvalue weighted by Crippen LogP contribution is 2.32. The lowest BCUT2D eigenvalue weighted by atomic mass is 10.2. The second kappa shape index (κ2) is 7.49. The quantitative estimate of drug-likeness (QED) is 0.699. The van der Waals surface area contributed by atoms with Crippen LogP contribution in [0.25, 0.3) is 11.3 Å². The first-order valence-electron chi connectivity index (χ1n) is 8.24. The van der Waals surface area contributed by atoms with Gasteiger partial charge < -0.3 is 20.1 Å². The number of benzene rings is 1. The number of hydrogen-bond acceptors (Lipinski definition) is 5. The highest BCUT2D eigenvalue weighted by atomic mass is 32.1. The third-order valence-electron chi connectivity index (χ3n) is 3.97. The summed E-state index contributed by atoms with van der Waals surface area (Å²) in [7, 11) is 0. The highest BCUT2D eigenvalue weighted by molar-refractivity contribution is 7.08. The molecule has 4 rings (SSSR count). The zero-order valence-electron chi connectivity index (χ0n) is 14.0. The number of fused-ring (bicyclic) bond motifs is 1. The van der Waals surface area contributed by atoms with Crippen molar-refractivity contribution >= 4 is 17.4 Å². The highest BCUT2D eigenvalue weighted by Gasteiger charge is 2.13. The number of carbonyl (C=O) groups excluding carboxylic acids is 1. The molecule has 1 aromatic carbocycles. The summed E-state index contributed by atoms with van der Waals surface area (Å²) in [5.41, 5.74) is 3.01. The fraction of sp³-hybridized carbons (Fsp3) is 0.222. The number of rotatable bonds is 6. The van der Waals surface area contributed by atoms with E-state index in [-0.39, 0.29) is 12.8 Å². The van der Waals surface area contributed by atoms with Crippen LogP contribution in [-0.2, 0) is 13.1 Å². The van der Waals surface area contributed by atoms with E-state index in [0.29, 0.717) is 25.4 Å². The Hall–Kier alpha value is -3.00. The van der Waals surface area contributed by atoms with Crippen molar-refractivity contribution < 1.29 is 14.3 Å². The minimum Gasteiger partial charge on any atom is -0.454 e. The van der Waals surface area contributed by atoms with Crippen LogP contribution in [0.5, 0.6) is 11.5 Å². The summed E-state index contributed by atoms with van der Waals surface area (Å²) in [5, 5.41) is 14.3. The van der Waals surface area contributed by atoms with Crippen molar-refractivity contribution in [2.75, 3.05) is 13.3 Å². The molecule has 0 radical (unpaired) electrons. The second-order valence-corrected chi connectivity index (χ2v) is 6.55. The minimum absolute atomic E-state index is 0.215. The molecule has 2 amide bonds. The summed E-state index contributed by atoms with van der Waals surface area (Å²) in [4.78, 5) is 11.9. The van der Waals surface area contributed by atoms with E-state index in [0.717, 1.165) is 22.6 Å². The fourth-order valence-electron chi connectivity index (χ4n) is 2.63. The first-order valence-corrected chi connectivity index (χ1v) is 9.18. The van der Waals surface area contributed by atoms with Gasteiger partial charge in [-0.15, -0.1) is 0 Å². The van der Waals surface area contributed by atoms with Crippen molar-refractivity contribution in [2.24, 2.45) is 0 Å². The molecule has 0 saturated carbocycles. The predicted molar refractivity (Wildman–Crippen MR) is 98.3 cm³/mol. The number of aromatic nitrogens is 2. The van der Waals surface area contributed by atoms with Gasteiger partial charge in [0.25, 0.3) is 0 Å². The zero-order valence-corrected chi connectivity index (χ0v) is 14.8. The number of carbonyl (C=O) groups is 1. The molecule has 134 valence electrons. The van der Waals surface area contributed by atoms with Gasteiger partial charge >= 0.3 is 6.03 Å². The number of amides is 2. The van der Waals surface area contributed by atoms with Gasteiger partial charge in [-0.1, -0.05) is 6.07 Å². The van der Waals surface area contributed by atoms with Gasteiger partial charge in [0, 0.05) is 30.2 Å². The maximum Gasteiger partial charge on any atom is 0.315 e. The minimum atomic E-state index is -0.215. The molecule has 3 heterocycles. The summed E-state index contributed by atoms with van der Waals surface area (Å²) >= 11 is 1.65. The van der Waals surface area contributed by atoms with Gasteiger partial charge in [0.1, 0.15) is 0 Å². The number of nitrogens with zero attached hydrogens (tertiary/aromatic N) is 2. The molecule has 0 fully saturated rings. The summed E-state index contributed by atoms with van der Waals surface area (Å²) < 4.78 is 12.4. The molecule has 0 spiro atoms. The molecule has 8 heteroatoms. The van der Waals surface area contributed by atoms with Crippen LogP contribution < -0.4 is 20.1 Å². The topological polar surface area (TPSA) is 77.4 Å². The maximum absolute atomic E-state index is 11.9. The molecule has 0 bridgehead atoms. The Morgan fingerprint density at radius 3 is 3.00 bits per heavy atom. The van der Waals surface area contributed by atoms with Crippen LogP contribution in [0.1, 0.15) is 5.56 Å². The van der Waals surface area contributed by atoms with Crippen molar-refractivity contribution in [3.05, 3.63) is 52.9 Å². The van der Waals surface area contributed by atoms with Crippen molar-refractivity contribution in [1.29, 1.82) is 0 Å². The smallest absolute Gasteiger partial charge is 0.315 e. The van der Waals surface area contributed by atoms with Crippen LogP contribution in [0.3, 0.4) is 0 Å². The van der Waals surface area contributed by atoms with Gasteiger partial charge in [-0.3, -0.25) is 4.68 Å². The van der Waals surface area contributed by atoms with E-state index in [2.05, 4.69) is 21.1 Å². The van der Waals surface area contributed by atoms with Crippen molar-refractivity contribution in [3.8, 4) is 22.8 Å². The van der Waals surface area contributed by atoms with Crippen molar-refractivity contribution in [2.45, 2.75) is 13.1 Å². The molecule has 1 aliphatic rings. The Morgan fingerprint density at radius 1 is 1.19 bits per heavy atom. The zero-order chi connectivity index (χ0) is 17.8. The summed E-state index contributed by atoms with van der Waals surface area (Å²) in [6.07, 6.45) is 1.92.